The third-order valence-electron chi connectivity index (χ3n) is 3.59. The van der Waals surface area contributed by atoms with E-state index in [1.807, 2.05) is 54.6 Å². The quantitative estimate of drug-likeness (QED) is 0.406. The summed E-state index contributed by atoms with van der Waals surface area (Å²) in [6, 6.07) is 17.2. The van der Waals surface area contributed by atoms with Gasteiger partial charge in [-0.2, -0.15) is 0 Å². The van der Waals surface area contributed by atoms with Crippen LogP contribution in [0.4, 0.5) is 0 Å². The molecule has 3 aromatic rings. The standard InChI is InChI=1S/C18H15ClN2O2S/c19-14-8-6-13(7-9-14)15(12-4-2-1-3-5-12)18(24)23-17(22)16-20-10-11-21-16/h1-11,15,18,24H,(H,20,21). The maximum atomic E-state index is 12.2. The molecule has 1 aromatic heterocycles. The number of aromatic amines is 1. The Bertz CT molecular complexity index is 792. The monoisotopic (exact) mass is 358 g/mol. The molecule has 0 bridgehead atoms. The number of hydrogen-bond donors (Lipinski definition) is 2. The van der Waals surface area contributed by atoms with Crippen LogP contribution in [0.25, 0.3) is 0 Å². The number of rotatable bonds is 5. The Morgan fingerprint density at radius 2 is 1.75 bits per heavy atom. The zero-order valence-corrected chi connectivity index (χ0v) is 14.2. The average Bonchev–Trinajstić information content (AvgIpc) is 3.12. The molecule has 0 spiro atoms. The first-order chi connectivity index (χ1) is 11.6. The molecule has 0 saturated carbocycles. The molecule has 2 atom stereocenters. The van der Waals surface area contributed by atoms with E-state index in [1.54, 1.807) is 6.20 Å². The van der Waals surface area contributed by atoms with Gasteiger partial charge in [-0.3, -0.25) is 0 Å². The van der Waals surface area contributed by atoms with Crippen LogP contribution in [0, 0.1) is 0 Å². The summed E-state index contributed by atoms with van der Waals surface area (Å²) >= 11 is 10.5. The van der Waals surface area contributed by atoms with Gasteiger partial charge in [0.15, 0.2) is 5.44 Å². The Hall–Kier alpha value is -2.24. The zero-order chi connectivity index (χ0) is 16.9. The minimum Gasteiger partial charge on any atom is -0.445 e. The molecule has 0 aliphatic rings. The molecule has 0 aliphatic carbocycles. The van der Waals surface area contributed by atoms with Crippen LogP contribution >= 0.6 is 24.2 Å². The van der Waals surface area contributed by atoms with Gasteiger partial charge in [0.05, 0.1) is 5.92 Å². The molecule has 24 heavy (non-hydrogen) atoms. The molecule has 0 amide bonds. The molecule has 0 radical (unpaired) electrons. The summed E-state index contributed by atoms with van der Waals surface area (Å²) in [4.78, 5) is 18.8. The largest absolute Gasteiger partial charge is 0.445 e. The topological polar surface area (TPSA) is 55.0 Å². The summed E-state index contributed by atoms with van der Waals surface area (Å²) in [7, 11) is 0. The van der Waals surface area contributed by atoms with Gasteiger partial charge >= 0.3 is 5.97 Å². The van der Waals surface area contributed by atoms with E-state index < -0.39 is 11.4 Å². The molecule has 3 rings (SSSR count). The first-order valence-electron chi connectivity index (χ1n) is 7.34. The number of ether oxygens (including phenoxy) is 1. The predicted molar refractivity (Wildman–Crippen MR) is 96.5 cm³/mol. The SMILES string of the molecule is O=C(OC(S)C(c1ccccc1)c1ccc(Cl)cc1)c1ncc[nH]1. The molecule has 2 aromatic carbocycles. The van der Waals surface area contributed by atoms with Crippen LogP contribution in [0.5, 0.6) is 0 Å². The van der Waals surface area contributed by atoms with Gasteiger partial charge in [-0.25, -0.2) is 9.78 Å². The van der Waals surface area contributed by atoms with E-state index in [0.717, 1.165) is 11.1 Å². The Kier molecular flexibility index (Phi) is 5.23. The van der Waals surface area contributed by atoms with Crippen molar-refractivity contribution in [1.29, 1.82) is 0 Å². The van der Waals surface area contributed by atoms with Gasteiger partial charge in [-0.05, 0) is 23.3 Å². The van der Waals surface area contributed by atoms with Crippen molar-refractivity contribution >= 4 is 30.2 Å². The van der Waals surface area contributed by atoms with Gasteiger partial charge in [0.2, 0.25) is 5.82 Å². The number of imidazole rings is 1. The van der Waals surface area contributed by atoms with Gasteiger partial charge in [0, 0.05) is 17.4 Å². The highest BCUT2D eigenvalue weighted by molar-refractivity contribution is 7.80. The number of aromatic nitrogens is 2. The van der Waals surface area contributed by atoms with E-state index in [9.17, 15) is 4.79 Å². The van der Waals surface area contributed by atoms with Gasteiger partial charge in [0.25, 0.3) is 0 Å². The van der Waals surface area contributed by atoms with Crippen molar-refractivity contribution in [2.45, 2.75) is 11.4 Å². The molecule has 6 heteroatoms. The van der Waals surface area contributed by atoms with Gasteiger partial charge in [0.1, 0.15) is 0 Å². The number of esters is 1. The van der Waals surface area contributed by atoms with Crippen molar-refractivity contribution in [2.75, 3.05) is 0 Å². The third kappa shape index (κ3) is 3.80. The van der Waals surface area contributed by atoms with Crippen LogP contribution in [0.2, 0.25) is 5.02 Å². The van der Waals surface area contributed by atoms with E-state index >= 15 is 0 Å². The molecular weight excluding hydrogens is 344 g/mol. The van der Waals surface area contributed by atoms with Crippen molar-refractivity contribution < 1.29 is 9.53 Å². The Labute approximate surface area is 150 Å². The second kappa shape index (κ2) is 7.55. The number of H-pyrrole nitrogens is 1. The lowest BCUT2D eigenvalue weighted by molar-refractivity contribution is 0.0428. The summed E-state index contributed by atoms with van der Waals surface area (Å²) in [5.41, 5.74) is 1.27. The molecule has 4 nitrogen and oxygen atoms in total. The predicted octanol–water partition coefficient (Wildman–Crippen LogP) is 4.31. The third-order valence-corrected chi connectivity index (χ3v) is 4.25. The maximum absolute atomic E-state index is 12.2. The smallest absolute Gasteiger partial charge is 0.375 e. The van der Waals surface area contributed by atoms with E-state index in [2.05, 4.69) is 22.6 Å². The van der Waals surface area contributed by atoms with E-state index in [0.29, 0.717) is 5.02 Å². The lowest BCUT2D eigenvalue weighted by Crippen LogP contribution is -2.22. The summed E-state index contributed by atoms with van der Waals surface area (Å²) < 4.78 is 5.49. The fourth-order valence-electron chi connectivity index (χ4n) is 2.46. The van der Waals surface area contributed by atoms with Crippen LogP contribution in [-0.4, -0.2) is 21.4 Å². The highest BCUT2D eigenvalue weighted by Crippen LogP contribution is 2.32. The highest BCUT2D eigenvalue weighted by atomic mass is 35.5. The molecular formula is C18H15ClN2O2S. The van der Waals surface area contributed by atoms with Crippen molar-refractivity contribution in [3.05, 3.63) is 89.0 Å². The minimum absolute atomic E-state index is 0.150. The number of nitrogens with one attached hydrogen (secondary N) is 1. The average molecular weight is 359 g/mol. The Morgan fingerprint density at radius 3 is 2.38 bits per heavy atom. The van der Waals surface area contributed by atoms with Gasteiger partial charge in [-0.1, -0.05) is 54.1 Å². The van der Waals surface area contributed by atoms with Crippen LogP contribution in [0.1, 0.15) is 27.7 Å². The first-order valence-corrected chi connectivity index (χ1v) is 8.23. The summed E-state index contributed by atoms with van der Waals surface area (Å²) in [5.74, 6) is -0.627. The summed E-state index contributed by atoms with van der Waals surface area (Å²) in [5, 5.41) is 0.647. The first kappa shape index (κ1) is 16.6. The van der Waals surface area contributed by atoms with E-state index in [1.165, 1.54) is 6.20 Å². The molecule has 2 unspecified atom stereocenters. The fourth-order valence-corrected chi connectivity index (χ4v) is 3.03. The highest BCUT2D eigenvalue weighted by Gasteiger charge is 2.26. The second-order valence-corrected chi connectivity index (χ2v) is 6.12. The molecule has 122 valence electrons. The number of halogens is 1. The number of benzene rings is 2. The Morgan fingerprint density at radius 1 is 1.08 bits per heavy atom. The van der Waals surface area contributed by atoms with Gasteiger partial charge in [-0.15, -0.1) is 12.6 Å². The van der Waals surface area contributed by atoms with Crippen LogP contribution in [-0.2, 0) is 4.74 Å². The van der Waals surface area contributed by atoms with Crippen molar-refractivity contribution in [3.63, 3.8) is 0 Å². The van der Waals surface area contributed by atoms with Gasteiger partial charge < -0.3 is 9.72 Å². The van der Waals surface area contributed by atoms with Crippen molar-refractivity contribution in [2.24, 2.45) is 0 Å². The zero-order valence-electron chi connectivity index (χ0n) is 12.6. The summed E-state index contributed by atoms with van der Waals surface area (Å²) in [6.45, 7) is 0. The van der Waals surface area contributed by atoms with Crippen LogP contribution in [0.15, 0.2) is 67.0 Å². The lowest BCUT2D eigenvalue weighted by atomic mass is 9.92. The number of nitrogens with zero attached hydrogens (tertiary/aromatic N) is 1. The maximum Gasteiger partial charge on any atom is 0.375 e. The van der Waals surface area contributed by atoms with Crippen molar-refractivity contribution in [3.8, 4) is 0 Å². The molecule has 0 aliphatic heterocycles. The molecule has 1 N–H and O–H groups in total. The number of thiol groups is 1. The molecule has 1 heterocycles. The van der Waals surface area contributed by atoms with Crippen LogP contribution < -0.4 is 0 Å². The van der Waals surface area contributed by atoms with Crippen molar-refractivity contribution in [1.82, 2.24) is 9.97 Å². The number of carbonyl (C=O) groups excluding carboxylic acids is 1. The Balaban J connectivity index is 1.89. The number of hydrogen-bond acceptors (Lipinski definition) is 4. The number of carbonyl (C=O) groups is 1. The second-order valence-electron chi connectivity index (χ2n) is 5.17. The summed E-state index contributed by atoms with van der Waals surface area (Å²) in [6.07, 6.45) is 3.07. The molecule has 0 saturated heterocycles. The van der Waals surface area contributed by atoms with Crippen LogP contribution in [0.3, 0.4) is 0 Å². The minimum atomic E-state index is -0.675. The van der Waals surface area contributed by atoms with E-state index in [4.69, 9.17) is 16.3 Å². The molecule has 0 fully saturated rings. The van der Waals surface area contributed by atoms with E-state index in [-0.39, 0.29) is 11.7 Å². The lowest BCUT2D eigenvalue weighted by Gasteiger charge is -2.24. The normalized spacial score (nSPS) is 13.2. The fraction of sp³-hybridized carbons (Fsp3) is 0.111.